The third kappa shape index (κ3) is 2.65. The molecule has 1 aromatic carbocycles. The Bertz CT molecular complexity index is 623. The van der Waals surface area contributed by atoms with Gasteiger partial charge in [0.05, 0.1) is 19.8 Å². The van der Waals surface area contributed by atoms with Gasteiger partial charge in [-0.05, 0) is 6.07 Å². The molecule has 0 saturated carbocycles. The fourth-order valence-corrected chi connectivity index (χ4v) is 2.38. The number of rotatable bonds is 4. The molecule has 1 fully saturated rings. The second kappa shape index (κ2) is 5.47. The van der Waals surface area contributed by atoms with Crippen LogP contribution >= 0.6 is 0 Å². The van der Waals surface area contributed by atoms with Crippen molar-refractivity contribution in [3.05, 3.63) is 48.1 Å². The molecule has 1 saturated heterocycles. The molecule has 0 radical (unpaired) electrons. The zero-order chi connectivity index (χ0) is 14.9. The van der Waals surface area contributed by atoms with E-state index in [1.165, 1.54) is 23.4 Å². The number of hydrogen-bond donors (Lipinski definition) is 1. The van der Waals surface area contributed by atoms with Crippen LogP contribution in [0, 0.1) is 11.6 Å². The first kappa shape index (κ1) is 14.1. The van der Waals surface area contributed by atoms with Crippen molar-refractivity contribution >= 4 is 0 Å². The molecule has 1 aromatic heterocycles. The standard InChI is InChI=1S/C13H13F2N3O3/c14-9-1-2-10(11(15)3-9)13(5-18-8-16-7-17-18)6-20-12(4-19)21-13/h1-3,7-8,12,19H,4-6H2/t12?,13-/m1/s1. The van der Waals surface area contributed by atoms with Crippen LogP contribution in [-0.4, -0.2) is 39.4 Å². The minimum absolute atomic E-state index is 0.0145. The van der Waals surface area contributed by atoms with E-state index >= 15 is 0 Å². The summed E-state index contributed by atoms with van der Waals surface area (Å²) in [6.07, 6.45) is 1.94. The summed E-state index contributed by atoms with van der Waals surface area (Å²) in [5.41, 5.74) is -1.05. The van der Waals surface area contributed by atoms with Gasteiger partial charge in [0.25, 0.3) is 0 Å². The third-order valence-corrected chi connectivity index (χ3v) is 3.31. The van der Waals surface area contributed by atoms with Gasteiger partial charge in [0.15, 0.2) is 6.29 Å². The lowest BCUT2D eigenvalue weighted by Gasteiger charge is -2.28. The number of aliphatic hydroxyl groups is 1. The van der Waals surface area contributed by atoms with E-state index in [4.69, 9.17) is 14.6 Å². The Morgan fingerprint density at radius 3 is 2.90 bits per heavy atom. The molecule has 8 heteroatoms. The summed E-state index contributed by atoms with van der Waals surface area (Å²) in [4.78, 5) is 3.82. The number of nitrogens with zero attached hydrogens (tertiary/aromatic N) is 3. The molecule has 21 heavy (non-hydrogen) atoms. The number of benzene rings is 1. The van der Waals surface area contributed by atoms with Gasteiger partial charge in [-0.15, -0.1) is 0 Å². The molecule has 1 aliphatic heterocycles. The van der Waals surface area contributed by atoms with Gasteiger partial charge in [-0.25, -0.2) is 18.4 Å². The van der Waals surface area contributed by atoms with Gasteiger partial charge in [-0.3, -0.25) is 0 Å². The van der Waals surface area contributed by atoms with Crippen molar-refractivity contribution in [1.29, 1.82) is 0 Å². The predicted molar refractivity (Wildman–Crippen MR) is 66.0 cm³/mol. The highest BCUT2D eigenvalue weighted by atomic mass is 19.1. The Balaban J connectivity index is 1.99. The zero-order valence-electron chi connectivity index (χ0n) is 10.9. The molecule has 0 aliphatic carbocycles. The van der Waals surface area contributed by atoms with E-state index in [0.29, 0.717) is 0 Å². The van der Waals surface area contributed by atoms with Crippen molar-refractivity contribution < 1.29 is 23.4 Å². The summed E-state index contributed by atoms with van der Waals surface area (Å²) in [7, 11) is 0. The van der Waals surface area contributed by atoms with Gasteiger partial charge in [0.2, 0.25) is 0 Å². The van der Waals surface area contributed by atoms with E-state index in [-0.39, 0.29) is 25.3 Å². The molecule has 1 aliphatic rings. The Morgan fingerprint density at radius 2 is 2.29 bits per heavy atom. The van der Waals surface area contributed by atoms with E-state index in [2.05, 4.69) is 10.1 Å². The highest BCUT2D eigenvalue weighted by Crippen LogP contribution is 2.36. The van der Waals surface area contributed by atoms with Gasteiger partial charge >= 0.3 is 0 Å². The molecule has 2 atom stereocenters. The topological polar surface area (TPSA) is 69.4 Å². The molecule has 1 N–H and O–H groups in total. The number of aromatic nitrogens is 3. The van der Waals surface area contributed by atoms with E-state index in [0.717, 1.165) is 12.1 Å². The van der Waals surface area contributed by atoms with E-state index in [1.807, 2.05) is 0 Å². The first-order valence-corrected chi connectivity index (χ1v) is 6.31. The maximum Gasteiger partial charge on any atom is 0.182 e. The largest absolute Gasteiger partial charge is 0.391 e. The summed E-state index contributed by atoms with van der Waals surface area (Å²) < 4.78 is 39.7. The van der Waals surface area contributed by atoms with Crippen molar-refractivity contribution in [2.75, 3.05) is 13.2 Å². The van der Waals surface area contributed by atoms with Crippen molar-refractivity contribution in [1.82, 2.24) is 14.8 Å². The lowest BCUT2D eigenvalue weighted by Crippen LogP contribution is -2.36. The smallest absolute Gasteiger partial charge is 0.182 e. The van der Waals surface area contributed by atoms with E-state index in [1.54, 1.807) is 0 Å². The average molecular weight is 297 g/mol. The lowest BCUT2D eigenvalue weighted by atomic mass is 9.94. The van der Waals surface area contributed by atoms with Crippen molar-refractivity contribution in [3.63, 3.8) is 0 Å². The Labute approximate surface area is 118 Å². The molecule has 2 aromatic rings. The third-order valence-electron chi connectivity index (χ3n) is 3.31. The summed E-state index contributed by atoms with van der Waals surface area (Å²) in [5.74, 6) is -1.41. The van der Waals surface area contributed by atoms with Crippen LogP contribution < -0.4 is 0 Å². The Morgan fingerprint density at radius 1 is 1.43 bits per heavy atom. The normalized spacial score (nSPS) is 25.4. The van der Waals surface area contributed by atoms with Crippen molar-refractivity contribution in [3.8, 4) is 0 Å². The Kier molecular flexibility index (Phi) is 3.66. The highest BCUT2D eigenvalue weighted by Gasteiger charge is 2.45. The second-order valence-electron chi connectivity index (χ2n) is 4.75. The van der Waals surface area contributed by atoms with Crippen LogP contribution in [0.15, 0.2) is 30.9 Å². The van der Waals surface area contributed by atoms with Gasteiger partial charge in [-0.1, -0.05) is 6.07 Å². The molecule has 3 rings (SSSR count). The minimum atomic E-state index is -1.20. The summed E-state index contributed by atoms with van der Waals surface area (Å²) in [5, 5.41) is 13.1. The summed E-state index contributed by atoms with van der Waals surface area (Å²) >= 11 is 0. The van der Waals surface area contributed by atoms with Gasteiger partial charge in [0.1, 0.15) is 29.9 Å². The SMILES string of the molecule is OCC1OC[C@](Cn2cncn2)(c2ccc(F)cc2F)O1. The van der Waals surface area contributed by atoms with Crippen LogP contribution in [-0.2, 0) is 21.6 Å². The van der Waals surface area contributed by atoms with Crippen LogP contribution in [0.1, 0.15) is 5.56 Å². The van der Waals surface area contributed by atoms with Crippen LogP contribution in [0.3, 0.4) is 0 Å². The molecule has 6 nitrogen and oxygen atoms in total. The number of ether oxygens (including phenoxy) is 2. The maximum absolute atomic E-state index is 14.1. The molecular formula is C13H13F2N3O3. The molecule has 2 heterocycles. The summed E-state index contributed by atoms with van der Waals surface area (Å²) in [6, 6.07) is 3.25. The zero-order valence-corrected chi connectivity index (χ0v) is 10.9. The summed E-state index contributed by atoms with van der Waals surface area (Å²) in [6.45, 7) is -0.214. The van der Waals surface area contributed by atoms with E-state index < -0.39 is 23.5 Å². The van der Waals surface area contributed by atoms with Crippen LogP contribution in [0.4, 0.5) is 8.78 Å². The molecule has 1 unspecified atom stereocenters. The monoisotopic (exact) mass is 297 g/mol. The predicted octanol–water partition coefficient (Wildman–Crippen LogP) is 0.817. The van der Waals surface area contributed by atoms with Crippen LogP contribution in [0.2, 0.25) is 0 Å². The van der Waals surface area contributed by atoms with Crippen LogP contribution in [0.25, 0.3) is 0 Å². The number of halogens is 2. The fourth-order valence-electron chi connectivity index (χ4n) is 2.38. The van der Waals surface area contributed by atoms with Gasteiger partial charge in [-0.2, -0.15) is 5.10 Å². The van der Waals surface area contributed by atoms with Crippen molar-refractivity contribution in [2.24, 2.45) is 0 Å². The molecule has 0 spiro atoms. The highest BCUT2D eigenvalue weighted by molar-refractivity contribution is 5.26. The quantitative estimate of drug-likeness (QED) is 0.904. The molecule has 112 valence electrons. The fraction of sp³-hybridized carbons (Fsp3) is 0.385. The minimum Gasteiger partial charge on any atom is -0.391 e. The van der Waals surface area contributed by atoms with E-state index in [9.17, 15) is 8.78 Å². The average Bonchev–Trinajstić information content (AvgIpc) is 3.09. The number of aliphatic hydroxyl groups excluding tert-OH is 1. The molecular weight excluding hydrogens is 284 g/mol. The molecule has 0 amide bonds. The lowest BCUT2D eigenvalue weighted by molar-refractivity contribution is -0.121. The van der Waals surface area contributed by atoms with Crippen molar-refractivity contribution in [2.45, 2.75) is 18.4 Å². The van der Waals surface area contributed by atoms with Crippen LogP contribution in [0.5, 0.6) is 0 Å². The van der Waals surface area contributed by atoms with Gasteiger partial charge < -0.3 is 14.6 Å². The molecule has 0 bridgehead atoms. The Hall–Kier alpha value is -1.90. The number of hydrogen-bond acceptors (Lipinski definition) is 5. The first-order valence-electron chi connectivity index (χ1n) is 6.31. The maximum atomic E-state index is 14.1. The van der Waals surface area contributed by atoms with Gasteiger partial charge in [0, 0.05) is 11.6 Å². The second-order valence-corrected chi connectivity index (χ2v) is 4.75. The first-order chi connectivity index (χ1) is 10.1.